The number of carbonyl (C=O) groups excluding carboxylic acids is 2. The molecule has 252 valence electrons. The number of esters is 2. The summed E-state index contributed by atoms with van der Waals surface area (Å²) in [5.74, 6) is 0.191. The molecule has 0 radical (unpaired) electrons. The van der Waals surface area contributed by atoms with Gasteiger partial charge in [0.2, 0.25) is 0 Å². The Bertz CT molecular complexity index is 1820. The Morgan fingerprint density at radius 3 is 2.58 bits per heavy atom. The maximum atomic E-state index is 13.3. The van der Waals surface area contributed by atoms with Crippen molar-refractivity contribution in [3.05, 3.63) is 66.5 Å². The smallest absolute Gasteiger partial charge is 0.308 e. The Kier molecular flexibility index (Phi) is 8.28. The number of rotatable bonds is 3. The van der Waals surface area contributed by atoms with E-state index >= 15 is 0 Å². The van der Waals surface area contributed by atoms with Crippen LogP contribution in [0.4, 0.5) is 0 Å². The molecule has 8 heteroatoms. The van der Waals surface area contributed by atoms with Gasteiger partial charge in [0.15, 0.2) is 5.75 Å². The summed E-state index contributed by atoms with van der Waals surface area (Å²) >= 11 is 0. The molecule has 2 aromatic heterocycles. The summed E-state index contributed by atoms with van der Waals surface area (Å²) in [6.45, 7) is 7.18. The molecule has 0 saturated carbocycles. The lowest BCUT2D eigenvalue weighted by molar-refractivity contribution is -0.168. The van der Waals surface area contributed by atoms with Crippen LogP contribution in [-0.2, 0) is 14.3 Å². The van der Waals surface area contributed by atoms with Crippen LogP contribution in [-0.4, -0.2) is 75.6 Å². The number of nitrogens with one attached hydrogen (secondary N) is 1. The third-order valence-corrected chi connectivity index (χ3v) is 11.8. The Balaban J connectivity index is 1.38. The zero-order chi connectivity index (χ0) is 32.9. The maximum Gasteiger partial charge on any atom is 0.308 e. The zero-order valence-corrected chi connectivity index (χ0v) is 28.4. The second-order valence-electron chi connectivity index (χ2n) is 14.8. The SMILES string of the molecule is CC(=O)Oc1cccc2c1[nH]c1c(C3=CC4(OC(C)=O)CC/C=C\CCCCN5CC[C@H]3[C@@]3(C[C@H]6/C=C\CCCCN6C43)C5)nccc12. The standard InChI is InChI=1S/C40H48N4O4/c1-27(45)47-34-16-13-15-30-31-17-20-41-36(37(31)42-35(30)34)32-25-40(48-28(2)46)19-10-6-3-4-7-11-21-43-23-18-33(32)39(26-43)24-29-14-9-5-8-12-22-44(29)38(39)40/h3,6,9,13-17,20,25,29,33,38,42H,4-5,7-8,10-12,18-19,21-24,26H2,1-2H3/b6-3-,14-9-/t29-,33-,38?,39-,40?/m1/s1. The minimum absolute atomic E-state index is 0.0739. The van der Waals surface area contributed by atoms with Gasteiger partial charge in [-0.2, -0.15) is 0 Å². The first-order valence-corrected chi connectivity index (χ1v) is 18.2. The summed E-state index contributed by atoms with van der Waals surface area (Å²) in [5, 5.41) is 2.04. The average molecular weight is 649 g/mol. The number of allylic oxidation sites excluding steroid dienone is 4. The normalized spacial score (nSPS) is 33.6. The molecule has 48 heavy (non-hydrogen) atoms. The summed E-state index contributed by atoms with van der Waals surface area (Å²) in [5.41, 5.74) is 2.92. The summed E-state index contributed by atoms with van der Waals surface area (Å²) in [6, 6.07) is 8.27. The van der Waals surface area contributed by atoms with Crippen LogP contribution in [0.1, 0.15) is 83.7 Å². The van der Waals surface area contributed by atoms with E-state index in [1.54, 1.807) is 6.92 Å². The number of benzene rings is 1. The molecule has 1 N–H and O–H groups in total. The molecule has 0 amide bonds. The van der Waals surface area contributed by atoms with Crippen molar-refractivity contribution in [3.8, 4) is 5.75 Å². The van der Waals surface area contributed by atoms with Gasteiger partial charge in [-0.05, 0) is 114 Å². The van der Waals surface area contributed by atoms with Crippen LogP contribution in [0.15, 0.2) is 60.8 Å². The van der Waals surface area contributed by atoms with E-state index < -0.39 is 5.60 Å². The number of ether oxygens (including phenoxy) is 2. The molecule has 3 aromatic rings. The van der Waals surface area contributed by atoms with Crippen molar-refractivity contribution < 1.29 is 19.1 Å². The number of aromatic amines is 1. The predicted octanol–water partition coefficient (Wildman–Crippen LogP) is 7.35. The van der Waals surface area contributed by atoms with E-state index in [1.165, 1.54) is 31.8 Å². The lowest BCUT2D eigenvalue weighted by Crippen LogP contribution is -2.66. The number of aromatic nitrogens is 2. The Morgan fingerprint density at radius 2 is 1.73 bits per heavy atom. The van der Waals surface area contributed by atoms with Gasteiger partial charge in [-0.3, -0.25) is 19.5 Å². The van der Waals surface area contributed by atoms with Gasteiger partial charge in [-0.15, -0.1) is 0 Å². The maximum absolute atomic E-state index is 13.3. The van der Waals surface area contributed by atoms with E-state index in [9.17, 15) is 9.59 Å². The highest BCUT2D eigenvalue weighted by atomic mass is 16.6. The number of piperidine rings is 1. The molecule has 2 saturated heterocycles. The molecule has 8 nitrogen and oxygen atoms in total. The van der Waals surface area contributed by atoms with Crippen LogP contribution >= 0.6 is 0 Å². The van der Waals surface area contributed by atoms with Gasteiger partial charge in [0, 0.05) is 48.8 Å². The average Bonchev–Trinajstić information content (AvgIpc) is 3.57. The lowest BCUT2D eigenvalue weighted by atomic mass is 9.54. The molecule has 1 aromatic carbocycles. The number of hydrogen-bond donors (Lipinski definition) is 1. The molecule has 6 atom stereocenters. The van der Waals surface area contributed by atoms with Gasteiger partial charge in [0.05, 0.1) is 22.8 Å². The number of carbonyl (C=O) groups is 2. The monoisotopic (exact) mass is 648 g/mol. The van der Waals surface area contributed by atoms with E-state index in [0.29, 0.717) is 11.8 Å². The first-order valence-electron chi connectivity index (χ1n) is 18.2. The molecule has 5 aliphatic rings. The van der Waals surface area contributed by atoms with Gasteiger partial charge in [0.1, 0.15) is 5.60 Å². The number of pyridine rings is 1. The minimum atomic E-state index is -0.806. The van der Waals surface area contributed by atoms with Gasteiger partial charge in [0.25, 0.3) is 0 Å². The van der Waals surface area contributed by atoms with E-state index in [1.807, 2.05) is 24.4 Å². The van der Waals surface area contributed by atoms with Gasteiger partial charge in [-0.25, -0.2) is 0 Å². The quantitative estimate of drug-likeness (QED) is 0.181. The van der Waals surface area contributed by atoms with Gasteiger partial charge < -0.3 is 19.4 Å². The Hall–Kier alpha value is -3.75. The summed E-state index contributed by atoms with van der Waals surface area (Å²) in [4.78, 5) is 39.6. The first kappa shape index (κ1) is 31.5. The first-order chi connectivity index (χ1) is 23.4. The van der Waals surface area contributed by atoms with Crippen molar-refractivity contribution in [2.45, 2.75) is 95.7 Å². The van der Waals surface area contributed by atoms with E-state index in [4.69, 9.17) is 14.5 Å². The third-order valence-electron chi connectivity index (χ3n) is 11.8. The number of fused-ring (bicyclic) bond motifs is 5. The lowest BCUT2D eigenvalue weighted by Gasteiger charge is -2.58. The van der Waals surface area contributed by atoms with Crippen LogP contribution in [0.5, 0.6) is 5.75 Å². The number of H-pyrrole nitrogens is 1. The number of nitrogens with zero attached hydrogens (tertiary/aromatic N) is 3. The highest BCUT2D eigenvalue weighted by Crippen LogP contribution is 2.62. The van der Waals surface area contributed by atoms with Crippen molar-refractivity contribution in [1.82, 2.24) is 19.8 Å². The van der Waals surface area contributed by atoms with Gasteiger partial charge >= 0.3 is 11.9 Å². The van der Waals surface area contributed by atoms with Crippen molar-refractivity contribution >= 4 is 39.3 Å². The zero-order valence-electron chi connectivity index (χ0n) is 28.4. The second kappa shape index (κ2) is 12.6. The molecule has 8 rings (SSSR count). The van der Waals surface area contributed by atoms with E-state index in [-0.39, 0.29) is 29.3 Å². The fraction of sp³-hybridized carbons (Fsp3) is 0.525. The Labute approximate surface area is 283 Å². The predicted molar refractivity (Wildman–Crippen MR) is 188 cm³/mol. The van der Waals surface area contributed by atoms with Crippen molar-refractivity contribution in [2.24, 2.45) is 11.3 Å². The second-order valence-corrected chi connectivity index (χ2v) is 14.8. The molecule has 6 heterocycles. The fourth-order valence-electron chi connectivity index (χ4n) is 10.2. The van der Waals surface area contributed by atoms with Crippen LogP contribution < -0.4 is 4.74 Å². The topological polar surface area (TPSA) is 87.8 Å². The molecule has 1 aliphatic carbocycles. The summed E-state index contributed by atoms with van der Waals surface area (Å²) in [6.07, 6.45) is 24.4. The van der Waals surface area contributed by atoms with Crippen molar-refractivity contribution in [1.29, 1.82) is 0 Å². The highest BCUT2D eigenvalue weighted by molar-refractivity contribution is 6.11. The molecule has 3 unspecified atom stereocenters. The van der Waals surface area contributed by atoms with Crippen LogP contribution in [0.2, 0.25) is 0 Å². The molecule has 4 aliphatic heterocycles. The number of para-hydroxylation sites is 1. The van der Waals surface area contributed by atoms with Crippen molar-refractivity contribution in [3.63, 3.8) is 0 Å². The highest BCUT2D eigenvalue weighted by Gasteiger charge is 2.67. The largest absolute Gasteiger partial charge is 0.453 e. The molecule has 3 bridgehead atoms. The van der Waals surface area contributed by atoms with Crippen molar-refractivity contribution in [2.75, 3.05) is 26.2 Å². The molecular formula is C40H48N4O4. The van der Waals surface area contributed by atoms with Crippen LogP contribution in [0.3, 0.4) is 0 Å². The summed E-state index contributed by atoms with van der Waals surface area (Å²) < 4.78 is 12.4. The van der Waals surface area contributed by atoms with E-state index in [0.717, 1.165) is 98.6 Å². The third kappa shape index (κ3) is 5.32. The molecular weight excluding hydrogens is 600 g/mol. The molecule has 2 fully saturated rings. The number of hydrogen-bond acceptors (Lipinski definition) is 7. The summed E-state index contributed by atoms with van der Waals surface area (Å²) in [7, 11) is 0. The Morgan fingerprint density at radius 1 is 0.917 bits per heavy atom. The van der Waals surface area contributed by atoms with E-state index in [2.05, 4.69) is 51.2 Å². The fourth-order valence-corrected chi connectivity index (χ4v) is 10.2. The van der Waals surface area contributed by atoms with Gasteiger partial charge in [-0.1, -0.05) is 36.4 Å². The molecule has 1 spiro atoms. The minimum Gasteiger partial charge on any atom is -0.453 e. The van der Waals surface area contributed by atoms with Crippen LogP contribution in [0, 0.1) is 11.3 Å². The van der Waals surface area contributed by atoms with Crippen LogP contribution in [0.25, 0.3) is 27.4 Å².